The van der Waals surface area contributed by atoms with Crippen molar-refractivity contribution in [2.75, 3.05) is 39.3 Å². The van der Waals surface area contributed by atoms with E-state index in [9.17, 15) is 14.4 Å². The molecule has 5 rings (SSSR count). The van der Waals surface area contributed by atoms with Gasteiger partial charge in [0.25, 0.3) is 5.91 Å². The molecule has 0 saturated carbocycles. The Kier molecular flexibility index (Phi) is 6.13. The molecule has 3 aliphatic rings. The molecule has 3 amide bonds. The fourth-order valence-electron chi connectivity index (χ4n) is 4.99. The molecular weight excluding hydrogens is 434 g/mol. The maximum atomic E-state index is 13.4. The zero-order chi connectivity index (χ0) is 23.5. The van der Waals surface area contributed by atoms with Crippen LogP contribution in [0.15, 0.2) is 54.6 Å². The Morgan fingerprint density at radius 1 is 0.971 bits per heavy atom. The third kappa shape index (κ3) is 4.58. The predicted octanol–water partition coefficient (Wildman–Crippen LogP) is 2.92. The second kappa shape index (κ2) is 9.37. The van der Waals surface area contributed by atoms with Crippen molar-refractivity contribution in [1.82, 2.24) is 14.7 Å². The van der Waals surface area contributed by atoms with Crippen molar-refractivity contribution < 1.29 is 23.9 Å². The van der Waals surface area contributed by atoms with Crippen LogP contribution in [0, 0.1) is 0 Å². The lowest BCUT2D eigenvalue weighted by Gasteiger charge is -2.23. The average Bonchev–Trinajstić information content (AvgIpc) is 3.53. The number of nitrogens with zero attached hydrogens (tertiary/aromatic N) is 3. The summed E-state index contributed by atoms with van der Waals surface area (Å²) in [7, 11) is 0. The molecule has 0 bridgehead atoms. The molecule has 178 valence electrons. The Labute approximate surface area is 199 Å². The normalized spacial score (nSPS) is 22.1. The first-order valence-corrected chi connectivity index (χ1v) is 11.8. The number of carbonyl (C=O) groups is 3. The Bertz CT molecular complexity index is 1080. The molecule has 1 atom stereocenters. The van der Waals surface area contributed by atoms with Crippen molar-refractivity contribution in [2.45, 2.75) is 31.4 Å². The molecule has 3 aliphatic heterocycles. The Morgan fingerprint density at radius 3 is 2.56 bits per heavy atom. The van der Waals surface area contributed by atoms with Gasteiger partial charge < -0.3 is 19.3 Å². The van der Waals surface area contributed by atoms with E-state index in [0.717, 1.165) is 18.5 Å². The van der Waals surface area contributed by atoms with E-state index in [1.165, 1.54) is 0 Å². The number of benzene rings is 2. The molecule has 0 aliphatic carbocycles. The summed E-state index contributed by atoms with van der Waals surface area (Å²) < 4.78 is 11.7. The lowest BCUT2D eigenvalue weighted by atomic mass is 10.0. The Balaban J connectivity index is 1.21. The number of hydrogen-bond acceptors (Lipinski definition) is 5. The largest absolute Gasteiger partial charge is 0.491 e. The Morgan fingerprint density at radius 2 is 1.76 bits per heavy atom. The van der Waals surface area contributed by atoms with Gasteiger partial charge in [0.15, 0.2) is 5.60 Å². The van der Waals surface area contributed by atoms with Crippen LogP contribution < -0.4 is 4.74 Å². The topological polar surface area (TPSA) is 79.4 Å². The zero-order valence-electron chi connectivity index (χ0n) is 19.2. The lowest BCUT2D eigenvalue weighted by molar-refractivity contribution is -0.128. The molecule has 0 aromatic heterocycles. The number of carbonyl (C=O) groups excluding carboxylic acids is 3. The number of hydrogen-bond donors (Lipinski definition) is 0. The van der Waals surface area contributed by atoms with E-state index in [4.69, 9.17) is 9.47 Å². The number of rotatable bonds is 7. The van der Waals surface area contributed by atoms with Gasteiger partial charge in [-0.05, 0) is 24.1 Å². The van der Waals surface area contributed by atoms with Crippen molar-refractivity contribution in [3.8, 4) is 5.75 Å². The zero-order valence-corrected chi connectivity index (χ0v) is 19.2. The van der Waals surface area contributed by atoms with Crippen LogP contribution >= 0.6 is 0 Å². The minimum absolute atomic E-state index is 0.137. The second-order valence-corrected chi connectivity index (χ2v) is 9.20. The van der Waals surface area contributed by atoms with E-state index in [0.29, 0.717) is 63.5 Å². The van der Waals surface area contributed by atoms with Crippen LogP contribution in [0.1, 0.15) is 35.2 Å². The van der Waals surface area contributed by atoms with Gasteiger partial charge in [-0.25, -0.2) is 4.79 Å². The number of para-hydroxylation sites is 1. The number of likely N-dealkylation sites (tertiary alicyclic amines) is 2. The molecule has 8 heteroatoms. The van der Waals surface area contributed by atoms with Crippen LogP contribution in [0.2, 0.25) is 0 Å². The monoisotopic (exact) mass is 463 g/mol. The van der Waals surface area contributed by atoms with E-state index in [2.05, 4.69) is 0 Å². The first-order valence-electron chi connectivity index (χ1n) is 11.8. The summed E-state index contributed by atoms with van der Waals surface area (Å²) in [5, 5.41) is 0. The smallest absolute Gasteiger partial charge is 0.410 e. The maximum absolute atomic E-state index is 13.4. The summed E-state index contributed by atoms with van der Waals surface area (Å²) in [5.41, 5.74) is 0.856. The molecule has 34 heavy (non-hydrogen) atoms. The molecule has 0 N–H and O–H groups in total. The highest BCUT2D eigenvalue weighted by atomic mass is 16.6. The van der Waals surface area contributed by atoms with Gasteiger partial charge in [0.05, 0.1) is 25.2 Å². The van der Waals surface area contributed by atoms with Crippen molar-refractivity contribution >= 4 is 17.9 Å². The minimum atomic E-state index is -0.673. The van der Waals surface area contributed by atoms with E-state index in [1.54, 1.807) is 26.8 Å². The molecule has 3 fully saturated rings. The van der Waals surface area contributed by atoms with Crippen LogP contribution in [-0.2, 0) is 16.1 Å². The predicted molar refractivity (Wildman–Crippen MR) is 124 cm³/mol. The van der Waals surface area contributed by atoms with Gasteiger partial charge in [-0.2, -0.15) is 0 Å². The van der Waals surface area contributed by atoms with Crippen molar-refractivity contribution in [3.63, 3.8) is 0 Å². The van der Waals surface area contributed by atoms with Crippen molar-refractivity contribution in [3.05, 3.63) is 65.7 Å². The van der Waals surface area contributed by atoms with Crippen molar-refractivity contribution in [1.29, 1.82) is 0 Å². The van der Waals surface area contributed by atoms with Crippen molar-refractivity contribution in [2.24, 2.45) is 0 Å². The third-order valence-corrected chi connectivity index (χ3v) is 6.77. The molecule has 0 radical (unpaired) electrons. The fourth-order valence-corrected chi connectivity index (χ4v) is 4.99. The van der Waals surface area contributed by atoms with Crippen LogP contribution in [-0.4, -0.2) is 77.5 Å². The highest BCUT2D eigenvalue weighted by molar-refractivity contribution is 5.97. The number of amides is 3. The molecule has 3 saturated heterocycles. The summed E-state index contributed by atoms with van der Waals surface area (Å²) in [6, 6.07) is 17.0. The molecule has 2 aromatic rings. The number of ether oxygens (including phenoxy) is 2. The summed E-state index contributed by atoms with van der Waals surface area (Å²) in [5.74, 6) is 0.527. The first kappa shape index (κ1) is 22.3. The van der Waals surface area contributed by atoms with Gasteiger partial charge in [-0.15, -0.1) is 0 Å². The molecular formula is C26H29N3O5. The third-order valence-electron chi connectivity index (χ3n) is 6.77. The average molecular weight is 464 g/mol. The van der Waals surface area contributed by atoms with E-state index >= 15 is 0 Å². The highest BCUT2D eigenvalue weighted by Crippen LogP contribution is 2.34. The SMILES string of the molecule is O=C1CCCN1CCOc1ccccc1C(=O)N1CC[C@]2(CN(Cc3ccccc3)C(=O)O2)C1. The van der Waals surface area contributed by atoms with E-state index in [-0.39, 0.29) is 17.9 Å². The second-order valence-electron chi connectivity index (χ2n) is 9.20. The fraction of sp³-hybridized carbons (Fsp3) is 0.423. The highest BCUT2D eigenvalue weighted by Gasteiger charge is 2.50. The van der Waals surface area contributed by atoms with Gasteiger partial charge in [0, 0.05) is 32.5 Å². The molecule has 2 aromatic carbocycles. The summed E-state index contributed by atoms with van der Waals surface area (Å²) in [6.45, 7) is 3.45. The Hall–Kier alpha value is -3.55. The standard InChI is InChI=1S/C26H29N3O5/c30-23-11-6-13-27(23)15-16-33-22-10-5-4-9-21(22)24(31)28-14-12-26(18-28)19-29(25(32)34-26)17-20-7-2-1-3-8-20/h1-5,7-10H,6,11-19H2/t26-/m1/s1. The summed E-state index contributed by atoms with van der Waals surface area (Å²) in [4.78, 5) is 43.0. The minimum Gasteiger partial charge on any atom is -0.491 e. The lowest BCUT2D eigenvalue weighted by Crippen LogP contribution is -2.39. The quantitative estimate of drug-likeness (QED) is 0.631. The van der Waals surface area contributed by atoms with E-state index in [1.807, 2.05) is 42.5 Å². The maximum Gasteiger partial charge on any atom is 0.410 e. The van der Waals surface area contributed by atoms with Crippen LogP contribution in [0.5, 0.6) is 5.75 Å². The van der Waals surface area contributed by atoms with Crippen LogP contribution in [0.3, 0.4) is 0 Å². The first-order chi connectivity index (χ1) is 16.5. The van der Waals surface area contributed by atoms with Gasteiger partial charge in [0.1, 0.15) is 12.4 Å². The van der Waals surface area contributed by atoms with Gasteiger partial charge >= 0.3 is 6.09 Å². The summed E-state index contributed by atoms with van der Waals surface area (Å²) >= 11 is 0. The van der Waals surface area contributed by atoms with Crippen LogP contribution in [0.25, 0.3) is 0 Å². The molecule has 0 unspecified atom stereocenters. The van der Waals surface area contributed by atoms with Gasteiger partial charge in [-0.1, -0.05) is 42.5 Å². The molecule has 1 spiro atoms. The van der Waals surface area contributed by atoms with Crippen LogP contribution in [0.4, 0.5) is 4.79 Å². The molecule has 3 heterocycles. The van der Waals surface area contributed by atoms with Gasteiger partial charge in [-0.3, -0.25) is 14.5 Å². The molecule has 8 nitrogen and oxygen atoms in total. The van der Waals surface area contributed by atoms with E-state index < -0.39 is 5.60 Å². The van der Waals surface area contributed by atoms with Gasteiger partial charge in [0.2, 0.25) is 5.91 Å². The summed E-state index contributed by atoms with van der Waals surface area (Å²) in [6.07, 6.45) is 1.76.